The van der Waals surface area contributed by atoms with E-state index in [0.29, 0.717) is 6.54 Å². The topological polar surface area (TPSA) is 90.1 Å². The number of hydrogen-bond donors (Lipinski definition) is 1. The molecule has 1 aromatic heterocycles. The number of imidazole rings is 1. The summed E-state index contributed by atoms with van der Waals surface area (Å²) >= 11 is 1.43. The minimum atomic E-state index is -0.538. The Hall–Kier alpha value is -3.13. The average Bonchev–Trinajstić information content (AvgIpc) is 3.19. The molecule has 0 bridgehead atoms. The minimum absolute atomic E-state index is 0.0728. The van der Waals surface area contributed by atoms with E-state index in [1.54, 1.807) is 24.7 Å². The van der Waals surface area contributed by atoms with E-state index >= 15 is 0 Å². The van der Waals surface area contributed by atoms with E-state index in [2.05, 4.69) is 10.3 Å². The van der Waals surface area contributed by atoms with Crippen LogP contribution in [0.2, 0.25) is 0 Å². The Kier molecular flexibility index (Phi) is 5.87. The van der Waals surface area contributed by atoms with E-state index < -0.39 is 10.8 Å². The molecular formula is C19H18N4O3S. The lowest BCUT2D eigenvalue weighted by Crippen LogP contribution is -2.23. The van der Waals surface area contributed by atoms with E-state index in [1.807, 2.05) is 41.3 Å². The molecule has 0 saturated heterocycles. The summed E-state index contributed by atoms with van der Waals surface area (Å²) in [6, 6.07) is 12.4. The van der Waals surface area contributed by atoms with Crippen molar-refractivity contribution in [1.82, 2.24) is 14.9 Å². The molecule has 3 aromatic rings. The number of rotatable bonds is 7. The van der Waals surface area contributed by atoms with Crippen LogP contribution in [-0.4, -0.2) is 26.6 Å². The van der Waals surface area contributed by atoms with Gasteiger partial charge in [-0.15, -0.1) is 11.8 Å². The summed E-state index contributed by atoms with van der Waals surface area (Å²) in [5.41, 5.74) is 1.91. The lowest BCUT2D eigenvalue weighted by atomic mass is 10.1. The van der Waals surface area contributed by atoms with Crippen LogP contribution in [0.5, 0.6) is 0 Å². The molecule has 0 aliphatic rings. The Labute approximate surface area is 160 Å². The molecule has 0 atom stereocenters. The molecule has 7 nitrogen and oxygen atoms in total. The summed E-state index contributed by atoms with van der Waals surface area (Å²) in [5, 5.41) is 13.9. The third kappa shape index (κ3) is 4.73. The number of thioether (sulfide) groups is 1. The molecule has 3 rings (SSSR count). The molecule has 8 heteroatoms. The van der Waals surface area contributed by atoms with Gasteiger partial charge in [-0.25, -0.2) is 4.98 Å². The highest BCUT2D eigenvalue weighted by Crippen LogP contribution is 2.24. The second kappa shape index (κ2) is 8.50. The first-order chi connectivity index (χ1) is 13.1. The van der Waals surface area contributed by atoms with Crippen LogP contribution in [0.25, 0.3) is 0 Å². The van der Waals surface area contributed by atoms with Crippen molar-refractivity contribution < 1.29 is 9.72 Å². The number of aromatic nitrogens is 2. The summed E-state index contributed by atoms with van der Waals surface area (Å²) < 4.78 is 1.97. The van der Waals surface area contributed by atoms with Crippen molar-refractivity contribution >= 4 is 23.4 Å². The second-order valence-electron chi connectivity index (χ2n) is 5.87. The van der Waals surface area contributed by atoms with Crippen LogP contribution in [0.15, 0.2) is 66.1 Å². The SMILES string of the molecule is CSc1ccc([N+](=O)[O-])c(C(=O)NCc2ccc(Cn3ccnc3)cc2)c1. The first kappa shape index (κ1) is 18.7. The van der Waals surface area contributed by atoms with Crippen LogP contribution in [0.1, 0.15) is 21.5 Å². The lowest BCUT2D eigenvalue weighted by Gasteiger charge is -2.08. The van der Waals surface area contributed by atoms with Crippen molar-refractivity contribution in [2.75, 3.05) is 6.26 Å². The normalized spacial score (nSPS) is 10.6. The quantitative estimate of drug-likeness (QED) is 0.384. The highest BCUT2D eigenvalue weighted by atomic mass is 32.2. The van der Waals surface area contributed by atoms with Crippen LogP contribution in [0.3, 0.4) is 0 Å². The summed E-state index contributed by atoms with van der Waals surface area (Å²) in [5.74, 6) is -0.458. The highest BCUT2D eigenvalue weighted by Gasteiger charge is 2.20. The van der Waals surface area contributed by atoms with Gasteiger partial charge in [-0.05, 0) is 29.5 Å². The summed E-state index contributed by atoms with van der Waals surface area (Å²) in [7, 11) is 0. The maximum atomic E-state index is 12.5. The zero-order chi connectivity index (χ0) is 19.2. The average molecular weight is 382 g/mol. The maximum Gasteiger partial charge on any atom is 0.282 e. The van der Waals surface area contributed by atoms with Crippen molar-refractivity contribution in [3.05, 3.63) is 88.0 Å². The zero-order valence-electron chi connectivity index (χ0n) is 14.7. The maximum absolute atomic E-state index is 12.5. The van der Waals surface area contributed by atoms with Gasteiger partial charge in [0.1, 0.15) is 5.56 Å². The highest BCUT2D eigenvalue weighted by molar-refractivity contribution is 7.98. The molecule has 0 saturated carbocycles. The third-order valence-electron chi connectivity index (χ3n) is 4.05. The molecule has 1 heterocycles. The fourth-order valence-corrected chi connectivity index (χ4v) is 3.05. The molecule has 27 heavy (non-hydrogen) atoms. The van der Waals surface area contributed by atoms with Crippen molar-refractivity contribution in [1.29, 1.82) is 0 Å². The number of nitrogens with one attached hydrogen (secondary N) is 1. The molecule has 0 unspecified atom stereocenters. The molecule has 1 N–H and O–H groups in total. The number of nitro benzene ring substituents is 1. The van der Waals surface area contributed by atoms with Crippen molar-refractivity contribution in [3.63, 3.8) is 0 Å². The Morgan fingerprint density at radius 1 is 1.22 bits per heavy atom. The van der Waals surface area contributed by atoms with Gasteiger partial charge in [-0.1, -0.05) is 24.3 Å². The van der Waals surface area contributed by atoms with Gasteiger partial charge in [0.2, 0.25) is 0 Å². The first-order valence-corrected chi connectivity index (χ1v) is 9.43. The third-order valence-corrected chi connectivity index (χ3v) is 4.77. The zero-order valence-corrected chi connectivity index (χ0v) is 15.5. The second-order valence-corrected chi connectivity index (χ2v) is 6.75. The number of nitrogens with zero attached hydrogens (tertiary/aromatic N) is 3. The van der Waals surface area contributed by atoms with Crippen LogP contribution in [0.4, 0.5) is 5.69 Å². The van der Waals surface area contributed by atoms with E-state index in [9.17, 15) is 14.9 Å². The van der Waals surface area contributed by atoms with Crippen molar-refractivity contribution in [3.8, 4) is 0 Å². The van der Waals surface area contributed by atoms with Crippen LogP contribution in [-0.2, 0) is 13.1 Å². The first-order valence-electron chi connectivity index (χ1n) is 8.21. The van der Waals surface area contributed by atoms with E-state index in [1.165, 1.54) is 17.8 Å². The predicted molar refractivity (Wildman–Crippen MR) is 104 cm³/mol. The van der Waals surface area contributed by atoms with Gasteiger partial charge in [-0.3, -0.25) is 14.9 Å². The minimum Gasteiger partial charge on any atom is -0.348 e. The van der Waals surface area contributed by atoms with Gasteiger partial charge in [0.25, 0.3) is 11.6 Å². The lowest BCUT2D eigenvalue weighted by molar-refractivity contribution is -0.385. The van der Waals surface area contributed by atoms with Gasteiger partial charge >= 0.3 is 0 Å². The summed E-state index contributed by atoms with van der Waals surface area (Å²) in [6.07, 6.45) is 7.23. The Bertz CT molecular complexity index is 940. The number of carbonyl (C=O) groups is 1. The summed E-state index contributed by atoms with van der Waals surface area (Å²) in [4.78, 5) is 27.9. The van der Waals surface area contributed by atoms with Gasteiger partial charge in [0, 0.05) is 36.4 Å². The molecule has 0 aliphatic carbocycles. The molecule has 0 aliphatic heterocycles. The number of amides is 1. The molecule has 2 aromatic carbocycles. The van der Waals surface area contributed by atoms with Crippen LogP contribution >= 0.6 is 11.8 Å². The molecule has 138 valence electrons. The van der Waals surface area contributed by atoms with Gasteiger partial charge in [0.15, 0.2) is 0 Å². The Morgan fingerprint density at radius 2 is 1.96 bits per heavy atom. The van der Waals surface area contributed by atoms with E-state index in [-0.39, 0.29) is 11.3 Å². The molecule has 1 amide bonds. The Morgan fingerprint density at radius 3 is 2.59 bits per heavy atom. The van der Waals surface area contributed by atoms with E-state index in [0.717, 1.165) is 22.6 Å². The van der Waals surface area contributed by atoms with Crippen LogP contribution in [0, 0.1) is 10.1 Å². The fraction of sp³-hybridized carbons (Fsp3) is 0.158. The Balaban J connectivity index is 1.66. The molecular weight excluding hydrogens is 364 g/mol. The van der Waals surface area contributed by atoms with E-state index in [4.69, 9.17) is 0 Å². The van der Waals surface area contributed by atoms with Gasteiger partial charge in [0.05, 0.1) is 11.3 Å². The smallest absolute Gasteiger partial charge is 0.282 e. The largest absolute Gasteiger partial charge is 0.348 e. The monoisotopic (exact) mass is 382 g/mol. The standard InChI is InChI=1S/C19H18N4O3S/c1-27-16-6-7-18(23(25)26)17(10-16)19(24)21-11-14-2-4-15(5-3-14)12-22-9-8-20-13-22/h2-10,13H,11-12H2,1H3,(H,21,24). The molecule has 0 radical (unpaired) electrons. The molecule has 0 fully saturated rings. The van der Waals surface area contributed by atoms with Crippen LogP contribution < -0.4 is 5.32 Å². The van der Waals surface area contributed by atoms with Gasteiger partial charge in [-0.2, -0.15) is 0 Å². The summed E-state index contributed by atoms with van der Waals surface area (Å²) in [6.45, 7) is 1.02. The molecule has 0 spiro atoms. The van der Waals surface area contributed by atoms with Crippen molar-refractivity contribution in [2.45, 2.75) is 18.0 Å². The fourth-order valence-electron chi connectivity index (χ4n) is 2.61. The number of carbonyl (C=O) groups excluding carboxylic acids is 1. The number of nitro groups is 1. The van der Waals surface area contributed by atoms with Crippen molar-refractivity contribution in [2.24, 2.45) is 0 Å². The number of benzene rings is 2. The predicted octanol–water partition coefficient (Wildman–Crippen LogP) is 3.49. The number of hydrogen-bond acceptors (Lipinski definition) is 5. The van der Waals surface area contributed by atoms with Gasteiger partial charge < -0.3 is 9.88 Å².